The molecule has 1 aliphatic carbocycles. The lowest BCUT2D eigenvalue weighted by atomic mass is 9.87. The highest BCUT2D eigenvalue weighted by Crippen LogP contribution is 2.29. The van der Waals surface area contributed by atoms with E-state index in [4.69, 9.17) is 15.2 Å². The Bertz CT molecular complexity index is 2010. The first-order valence-corrected chi connectivity index (χ1v) is 27.6. The van der Waals surface area contributed by atoms with Gasteiger partial charge in [0.1, 0.15) is 30.3 Å². The van der Waals surface area contributed by atoms with Crippen LogP contribution in [0.5, 0.6) is 0 Å². The second-order valence-corrected chi connectivity index (χ2v) is 30.9. The number of hydrogen-bond donors (Lipinski definition) is 3. The van der Waals surface area contributed by atoms with Gasteiger partial charge in [-0.3, -0.25) is 14.9 Å². The summed E-state index contributed by atoms with van der Waals surface area (Å²) in [6, 6.07) is 2.07. The molecule has 314 valence electrons. The second-order valence-electron chi connectivity index (χ2n) is 19.7. The molecule has 0 aliphatic heterocycles. The number of nitrogens with zero attached hydrogens (tertiary/aromatic N) is 6. The summed E-state index contributed by atoms with van der Waals surface area (Å²) in [7, 11) is -2.32. The highest BCUT2D eigenvalue weighted by molar-refractivity contribution is 6.76. The summed E-state index contributed by atoms with van der Waals surface area (Å²) in [6.07, 6.45) is 12.1. The second kappa shape index (κ2) is 18.7. The minimum Gasteiger partial charge on any atom is -0.382 e. The van der Waals surface area contributed by atoms with Crippen molar-refractivity contribution in [2.45, 2.75) is 145 Å². The Kier molecular flexibility index (Phi) is 15.0. The normalized spacial score (nSPS) is 14.4. The van der Waals surface area contributed by atoms with Crippen LogP contribution < -0.4 is 16.4 Å². The molecule has 4 heterocycles. The molecular weight excluding hydrogens is 755 g/mol. The number of aromatic nitrogens is 6. The molecule has 4 N–H and O–H groups in total. The van der Waals surface area contributed by atoms with Crippen LogP contribution in [-0.2, 0) is 22.9 Å². The van der Waals surface area contributed by atoms with Gasteiger partial charge in [-0.2, -0.15) is 0 Å². The third-order valence-electron chi connectivity index (χ3n) is 9.64. The number of anilines is 2. The molecule has 0 aromatic carbocycles. The van der Waals surface area contributed by atoms with Crippen molar-refractivity contribution in [3.8, 4) is 0 Å². The summed E-state index contributed by atoms with van der Waals surface area (Å²) < 4.78 is 15.4. The molecule has 0 atom stereocenters. The summed E-state index contributed by atoms with van der Waals surface area (Å²) in [5.41, 5.74) is 7.98. The Balaban J connectivity index is 0.000000266. The van der Waals surface area contributed by atoms with Crippen LogP contribution in [0.1, 0.15) is 94.4 Å². The first-order valence-electron chi connectivity index (χ1n) is 20.2. The van der Waals surface area contributed by atoms with Gasteiger partial charge in [0.15, 0.2) is 28.7 Å². The predicted molar refractivity (Wildman–Crippen MR) is 234 cm³/mol. The number of ketones is 2. The van der Waals surface area contributed by atoms with Gasteiger partial charge in [-0.05, 0) is 24.9 Å². The monoisotopic (exact) mass is 821 g/mol. The quantitative estimate of drug-likeness (QED) is 0.0631. The Morgan fingerprint density at radius 1 is 0.737 bits per heavy atom. The SMILES string of the molecule is CC(C)(C)C(=O)c1cn(COCC[Si](C)(C)C)c2ncc(N)nc12.CC(C)(C)C(=O)c1cn(COCC[Si](C)(C)C)c2ncc(NC(=O)NC3CCCCC3)nc12. The standard InChI is InChI=1S/C24H39N5O3Si.C17H28N4O2Si/c1-24(2,3)21(30)18-15-29(16-32-12-13-33(4,5)6)22-20(18)27-19(14-25-22)28-23(31)26-17-10-8-7-9-11-17;1-17(2,3)15(22)12-10-21(11-23-7-8-24(4,5)6)16-14(12)20-13(18)9-19-16/h14-15,17H,7-13,16H2,1-6H3,(H2,26,27,28,31);9-10H,7-8,11H2,1-6H3,(H2,18,20). The predicted octanol–water partition coefficient (Wildman–Crippen LogP) is 8.98. The summed E-state index contributed by atoms with van der Waals surface area (Å²) in [5, 5.41) is 5.82. The molecule has 14 nitrogen and oxygen atoms in total. The number of carbonyl (C=O) groups excluding carboxylic acids is 3. The van der Waals surface area contributed by atoms with Crippen LogP contribution in [0.2, 0.25) is 51.4 Å². The van der Waals surface area contributed by atoms with Crippen molar-refractivity contribution in [2.75, 3.05) is 24.3 Å². The van der Waals surface area contributed by atoms with Crippen LogP contribution in [0.4, 0.5) is 16.4 Å². The Labute approximate surface area is 340 Å². The number of nitrogens with one attached hydrogen (secondary N) is 2. The van der Waals surface area contributed by atoms with Crippen molar-refractivity contribution in [2.24, 2.45) is 10.8 Å². The number of fused-ring (bicyclic) bond motifs is 2. The van der Waals surface area contributed by atoms with E-state index in [2.05, 4.69) is 69.9 Å². The van der Waals surface area contributed by atoms with Gasteiger partial charge in [0, 0.05) is 58.6 Å². The molecular formula is C41H67N9O5Si2. The first-order chi connectivity index (χ1) is 26.4. The number of amides is 2. The molecule has 4 aromatic rings. The van der Waals surface area contributed by atoms with Gasteiger partial charge in [0.05, 0.1) is 23.5 Å². The van der Waals surface area contributed by atoms with Crippen molar-refractivity contribution < 1.29 is 23.9 Å². The minimum atomic E-state index is -1.19. The highest BCUT2D eigenvalue weighted by Gasteiger charge is 2.29. The van der Waals surface area contributed by atoms with Crippen LogP contribution in [0, 0.1) is 10.8 Å². The average molecular weight is 822 g/mol. The summed E-state index contributed by atoms with van der Waals surface area (Å²) in [5.74, 6) is 0.638. The largest absolute Gasteiger partial charge is 0.382 e. The fraction of sp³-hybridized carbons (Fsp3) is 0.634. The van der Waals surface area contributed by atoms with Gasteiger partial charge < -0.3 is 29.7 Å². The van der Waals surface area contributed by atoms with E-state index < -0.39 is 27.0 Å². The lowest BCUT2D eigenvalue weighted by Gasteiger charge is -2.22. The number of Topliss-reactive ketones (excluding diaryl/α,β-unsaturated/α-hetero) is 2. The number of nitrogen functional groups attached to an aromatic ring is 1. The van der Waals surface area contributed by atoms with Crippen molar-refractivity contribution in [3.63, 3.8) is 0 Å². The van der Waals surface area contributed by atoms with Crippen LogP contribution in [-0.4, -0.2) is 82.1 Å². The number of carbonyl (C=O) groups is 3. The Morgan fingerprint density at radius 3 is 1.65 bits per heavy atom. The molecule has 0 spiro atoms. The van der Waals surface area contributed by atoms with E-state index in [0.717, 1.165) is 37.8 Å². The first kappa shape index (κ1) is 45.7. The maximum atomic E-state index is 13.1. The van der Waals surface area contributed by atoms with Gasteiger partial charge in [-0.1, -0.05) is 100 Å². The van der Waals surface area contributed by atoms with Crippen LogP contribution >= 0.6 is 0 Å². The fourth-order valence-electron chi connectivity index (χ4n) is 6.18. The van der Waals surface area contributed by atoms with E-state index in [-0.39, 0.29) is 23.6 Å². The van der Waals surface area contributed by atoms with Crippen molar-refractivity contribution >= 4 is 67.7 Å². The van der Waals surface area contributed by atoms with E-state index in [1.165, 1.54) is 18.8 Å². The highest BCUT2D eigenvalue weighted by atomic mass is 28.3. The van der Waals surface area contributed by atoms with E-state index >= 15 is 0 Å². The molecule has 1 saturated carbocycles. The smallest absolute Gasteiger partial charge is 0.320 e. The van der Waals surface area contributed by atoms with Crippen LogP contribution in [0.3, 0.4) is 0 Å². The summed E-state index contributed by atoms with van der Waals surface area (Å²) in [6.45, 7) is 27.3. The van der Waals surface area contributed by atoms with Gasteiger partial charge in [0.25, 0.3) is 0 Å². The van der Waals surface area contributed by atoms with E-state index in [1.54, 1.807) is 12.4 Å². The molecule has 0 unspecified atom stereocenters. The zero-order valence-electron chi connectivity index (χ0n) is 36.5. The third-order valence-corrected chi connectivity index (χ3v) is 13.0. The van der Waals surface area contributed by atoms with Crippen molar-refractivity contribution in [1.29, 1.82) is 0 Å². The van der Waals surface area contributed by atoms with Gasteiger partial charge in [0.2, 0.25) is 0 Å². The molecule has 0 radical (unpaired) electrons. The van der Waals surface area contributed by atoms with E-state index in [9.17, 15) is 14.4 Å². The third kappa shape index (κ3) is 13.5. The molecule has 2 amide bonds. The van der Waals surface area contributed by atoms with Gasteiger partial charge >= 0.3 is 6.03 Å². The molecule has 0 bridgehead atoms. The van der Waals surface area contributed by atoms with Gasteiger partial charge in [-0.25, -0.2) is 24.7 Å². The average Bonchev–Trinajstić information content (AvgIpc) is 3.64. The lowest BCUT2D eigenvalue weighted by Crippen LogP contribution is -2.39. The maximum absolute atomic E-state index is 13.1. The fourth-order valence-corrected chi connectivity index (χ4v) is 7.70. The summed E-state index contributed by atoms with van der Waals surface area (Å²) in [4.78, 5) is 56.1. The lowest BCUT2D eigenvalue weighted by molar-refractivity contribution is 0.0842. The molecule has 1 fully saturated rings. The Hall–Kier alpha value is -4.00. The molecule has 4 aromatic heterocycles. The van der Waals surface area contributed by atoms with E-state index in [0.29, 0.717) is 71.8 Å². The molecule has 0 saturated heterocycles. The molecule has 16 heteroatoms. The molecule has 5 rings (SSSR count). The van der Waals surface area contributed by atoms with Gasteiger partial charge in [-0.15, -0.1) is 0 Å². The number of nitrogens with two attached hydrogens (primary N) is 1. The van der Waals surface area contributed by atoms with Crippen LogP contribution in [0.15, 0.2) is 24.8 Å². The molecule has 1 aliphatic rings. The number of rotatable bonds is 14. The number of hydrogen-bond acceptors (Lipinski definition) is 10. The molecule has 57 heavy (non-hydrogen) atoms. The number of urea groups is 1. The number of ether oxygens (including phenoxy) is 2. The van der Waals surface area contributed by atoms with Crippen LogP contribution in [0.25, 0.3) is 22.3 Å². The Morgan fingerprint density at radius 2 is 1.19 bits per heavy atom. The van der Waals surface area contributed by atoms with E-state index in [1.807, 2.05) is 50.7 Å². The summed E-state index contributed by atoms with van der Waals surface area (Å²) >= 11 is 0. The zero-order valence-corrected chi connectivity index (χ0v) is 38.5. The minimum absolute atomic E-state index is 0.0215. The topological polar surface area (TPSA) is 181 Å². The van der Waals surface area contributed by atoms with Crippen molar-refractivity contribution in [1.82, 2.24) is 34.4 Å². The van der Waals surface area contributed by atoms with Crippen molar-refractivity contribution in [3.05, 3.63) is 35.9 Å². The maximum Gasteiger partial charge on any atom is 0.320 e. The zero-order chi connectivity index (χ0) is 42.3.